The fourth-order valence-corrected chi connectivity index (χ4v) is 3.84. The van der Waals surface area contributed by atoms with Crippen molar-refractivity contribution in [1.82, 2.24) is 4.90 Å². The zero-order valence-electron chi connectivity index (χ0n) is 13.2. The fraction of sp³-hybridized carbons (Fsp3) is 0.100. The van der Waals surface area contributed by atoms with Crippen molar-refractivity contribution in [3.05, 3.63) is 92.8 Å². The second-order valence-corrected chi connectivity index (χ2v) is 7.12. The monoisotopic (exact) mass is 447 g/mol. The number of likely N-dealkylation sites (N-methyl/N-ethyl adjacent to an activating group) is 1. The van der Waals surface area contributed by atoms with Gasteiger partial charge in [-0.3, -0.25) is 0 Å². The van der Waals surface area contributed by atoms with Crippen LogP contribution in [0.3, 0.4) is 0 Å². The van der Waals surface area contributed by atoms with E-state index in [9.17, 15) is 4.39 Å². The van der Waals surface area contributed by atoms with Crippen molar-refractivity contribution in [2.24, 2.45) is 0 Å². The van der Waals surface area contributed by atoms with Gasteiger partial charge in [-0.15, -0.1) is 0 Å². The summed E-state index contributed by atoms with van der Waals surface area (Å²) in [5, 5.41) is 0. The molecule has 0 spiro atoms. The van der Waals surface area contributed by atoms with Gasteiger partial charge in [0.05, 0.1) is 5.70 Å². The summed E-state index contributed by atoms with van der Waals surface area (Å²) in [7, 11) is 0. The molecule has 0 unspecified atom stereocenters. The molecule has 0 atom stereocenters. The van der Waals surface area contributed by atoms with Crippen LogP contribution in [0.5, 0.6) is 0 Å². The second kappa shape index (κ2) is 7.08. The van der Waals surface area contributed by atoms with Crippen LogP contribution < -0.4 is 0 Å². The predicted molar refractivity (Wildman–Crippen MR) is 106 cm³/mol. The first-order valence-corrected chi connectivity index (χ1v) is 9.21. The summed E-state index contributed by atoms with van der Waals surface area (Å²) < 4.78 is 16.3. The molecular formula is C20H16Br2FN. The van der Waals surface area contributed by atoms with E-state index in [1.807, 2.05) is 54.3 Å². The minimum absolute atomic E-state index is 0.259. The molecule has 2 aromatic rings. The van der Waals surface area contributed by atoms with Crippen LogP contribution in [0.1, 0.15) is 18.1 Å². The van der Waals surface area contributed by atoms with E-state index in [-0.39, 0.29) is 5.82 Å². The maximum absolute atomic E-state index is 14.7. The zero-order chi connectivity index (χ0) is 17.3. The lowest BCUT2D eigenvalue weighted by molar-refractivity contribution is 0.522. The Balaban J connectivity index is 2.37. The number of nitrogens with zero attached hydrogens (tertiary/aromatic N) is 1. The number of halogens is 3. The molecule has 0 saturated carbocycles. The Hall–Kier alpha value is -1.65. The van der Waals surface area contributed by atoms with Crippen LogP contribution in [0.2, 0.25) is 0 Å². The summed E-state index contributed by atoms with van der Waals surface area (Å²) in [6.45, 7) is 6.87. The van der Waals surface area contributed by atoms with E-state index in [4.69, 9.17) is 0 Å². The Morgan fingerprint density at radius 3 is 2.38 bits per heavy atom. The molecule has 4 heteroatoms. The third-order valence-corrected chi connectivity index (χ3v) is 5.35. The number of benzene rings is 2. The van der Waals surface area contributed by atoms with Crippen molar-refractivity contribution in [2.45, 2.75) is 6.92 Å². The normalized spacial score (nSPS) is 14.9. The number of hydrogen-bond acceptors (Lipinski definition) is 1. The molecule has 0 radical (unpaired) electrons. The van der Waals surface area contributed by atoms with Gasteiger partial charge in [0.1, 0.15) is 5.82 Å². The molecule has 24 heavy (non-hydrogen) atoms. The molecule has 2 aromatic carbocycles. The van der Waals surface area contributed by atoms with Gasteiger partial charge in [-0.2, -0.15) is 0 Å². The average molecular weight is 449 g/mol. The molecule has 0 aliphatic carbocycles. The molecule has 1 aliphatic heterocycles. The molecule has 0 saturated heterocycles. The van der Waals surface area contributed by atoms with Crippen LogP contribution in [0, 0.1) is 5.82 Å². The largest absolute Gasteiger partial charge is 0.340 e. The molecular weight excluding hydrogens is 433 g/mol. The van der Waals surface area contributed by atoms with Gasteiger partial charge in [-0.05, 0) is 62.6 Å². The minimum Gasteiger partial charge on any atom is -0.340 e. The van der Waals surface area contributed by atoms with Crippen LogP contribution in [0.25, 0.3) is 11.3 Å². The summed E-state index contributed by atoms with van der Waals surface area (Å²) in [6, 6.07) is 15.0. The maximum atomic E-state index is 14.7. The highest BCUT2D eigenvalue weighted by Gasteiger charge is 2.27. The molecule has 3 rings (SSSR count). The van der Waals surface area contributed by atoms with Gasteiger partial charge in [-0.25, -0.2) is 4.39 Å². The highest BCUT2D eigenvalue weighted by atomic mass is 79.9. The first-order chi connectivity index (χ1) is 11.5. The van der Waals surface area contributed by atoms with Gasteiger partial charge in [0.15, 0.2) is 0 Å². The molecule has 122 valence electrons. The lowest BCUT2D eigenvalue weighted by atomic mass is 9.94. The first kappa shape index (κ1) is 17.2. The number of allylic oxidation sites excluding steroid dienone is 3. The molecule has 0 aromatic heterocycles. The molecule has 1 nitrogen and oxygen atoms in total. The zero-order valence-corrected chi connectivity index (χ0v) is 16.4. The standard InChI is InChI=1S/C20H16Br2FN/c1-3-24-13(2)17(22)12-15(14-8-5-4-6-9-14)20(24)19-16(21)10-7-11-18(19)23/h4-12H,2-3H2,1H3. The van der Waals surface area contributed by atoms with Gasteiger partial charge in [-0.1, -0.05) is 43.0 Å². The van der Waals surface area contributed by atoms with E-state index in [1.165, 1.54) is 6.07 Å². The van der Waals surface area contributed by atoms with E-state index in [1.54, 1.807) is 6.07 Å². The minimum atomic E-state index is -0.259. The van der Waals surface area contributed by atoms with Crippen LogP contribution in [-0.4, -0.2) is 11.4 Å². The number of hydrogen-bond donors (Lipinski definition) is 0. The summed E-state index contributed by atoms with van der Waals surface area (Å²) in [4.78, 5) is 2.04. The van der Waals surface area contributed by atoms with Crippen molar-refractivity contribution < 1.29 is 4.39 Å². The van der Waals surface area contributed by atoms with Crippen molar-refractivity contribution in [3.8, 4) is 0 Å². The van der Waals surface area contributed by atoms with Crippen LogP contribution in [-0.2, 0) is 0 Å². The van der Waals surface area contributed by atoms with Gasteiger partial charge in [0.2, 0.25) is 0 Å². The third-order valence-electron chi connectivity index (χ3n) is 4.00. The molecule has 0 bridgehead atoms. The van der Waals surface area contributed by atoms with E-state index < -0.39 is 0 Å². The molecule has 0 amide bonds. The predicted octanol–water partition coefficient (Wildman–Crippen LogP) is 6.58. The van der Waals surface area contributed by atoms with Crippen LogP contribution in [0.4, 0.5) is 4.39 Å². The number of rotatable bonds is 3. The fourth-order valence-electron chi connectivity index (χ4n) is 2.87. The lowest BCUT2D eigenvalue weighted by Gasteiger charge is -2.34. The highest BCUT2D eigenvalue weighted by Crippen LogP contribution is 2.43. The van der Waals surface area contributed by atoms with Gasteiger partial charge < -0.3 is 4.90 Å². The third kappa shape index (κ3) is 3.01. The van der Waals surface area contributed by atoms with Crippen LogP contribution in [0.15, 0.2) is 75.8 Å². The second-order valence-electron chi connectivity index (χ2n) is 5.41. The Morgan fingerprint density at radius 2 is 1.75 bits per heavy atom. The molecule has 0 N–H and O–H groups in total. The summed E-state index contributed by atoms with van der Waals surface area (Å²) in [5.74, 6) is -0.259. The summed E-state index contributed by atoms with van der Waals surface area (Å²) in [6.07, 6.45) is 2.01. The first-order valence-electron chi connectivity index (χ1n) is 7.62. The van der Waals surface area contributed by atoms with Crippen LogP contribution >= 0.6 is 31.9 Å². The van der Waals surface area contributed by atoms with Gasteiger partial charge in [0, 0.05) is 32.3 Å². The summed E-state index contributed by atoms with van der Waals surface area (Å²) >= 11 is 7.10. The van der Waals surface area contributed by atoms with Crippen molar-refractivity contribution in [1.29, 1.82) is 0 Å². The molecule has 1 aliphatic rings. The van der Waals surface area contributed by atoms with Gasteiger partial charge in [0.25, 0.3) is 0 Å². The Labute approximate surface area is 158 Å². The van der Waals surface area contributed by atoms with Crippen molar-refractivity contribution in [2.75, 3.05) is 6.54 Å². The van der Waals surface area contributed by atoms with E-state index >= 15 is 0 Å². The highest BCUT2D eigenvalue weighted by molar-refractivity contribution is 9.12. The lowest BCUT2D eigenvalue weighted by Crippen LogP contribution is -2.25. The van der Waals surface area contributed by atoms with E-state index in [0.717, 1.165) is 31.5 Å². The van der Waals surface area contributed by atoms with Gasteiger partial charge >= 0.3 is 0 Å². The molecule has 1 heterocycles. The summed E-state index contributed by atoms with van der Waals surface area (Å²) in [5.41, 5.74) is 4.19. The topological polar surface area (TPSA) is 3.24 Å². The Kier molecular flexibility index (Phi) is 5.07. The van der Waals surface area contributed by atoms with E-state index in [2.05, 4.69) is 38.4 Å². The Morgan fingerprint density at radius 1 is 1.04 bits per heavy atom. The molecule has 0 fully saturated rings. The quantitative estimate of drug-likeness (QED) is 0.512. The van der Waals surface area contributed by atoms with Crippen molar-refractivity contribution >= 4 is 43.1 Å². The average Bonchev–Trinajstić information content (AvgIpc) is 2.58. The smallest absolute Gasteiger partial charge is 0.133 e. The SMILES string of the molecule is C=C1C(Br)=CC(c2ccccc2)=C(c2c(F)cccc2Br)N1CC. The Bertz CT molecular complexity index is 833. The maximum Gasteiger partial charge on any atom is 0.133 e. The van der Waals surface area contributed by atoms with Crippen molar-refractivity contribution in [3.63, 3.8) is 0 Å². The van der Waals surface area contributed by atoms with E-state index in [0.29, 0.717) is 12.1 Å².